The van der Waals surface area contributed by atoms with Crippen molar-refractivity contribution in [3.8, 4) is 0 Å². The van der Waals surface area contributed by atoms with E-state index in [1.165, 1.54) is 4.57 Å². The lowest BCUT2D eigenvalue weighted by atomic mass is 10.2. The number of imidazole rings is 1. The molecule has 0 aliphatic rings. The first kappa shape index (κ1) is 22.0. The molecule has 0 spiro atoms. The molecule has 0 atom stereocenters. The lowest BCUT2D eigenvalue weighted by Crippen LogP contribution is -2.48. The van der Waals surface area contributed by atoms with Crippen LogP contribution in [0.2, 0.25) is 0 Å². The highest BCUT2D eigenvalue weighted by atomic mass is 16.2. The van der Waals surface area contributed by atoms with Gasteiger partial charge in [0.2, 0.25) is 5.91 Å². The van der Waals surface area contributed by atoms with Crippen molar-refractivity contribution in [3.63, 3.8) is 0 Å². The third kappa shape index (κ3) is 4.90. The van der Waals surface area contributed by atoms with Crippen molar-refractivity contribution >= 4 is 23.0 Å². The van der Waals surface area contributed by atoms with Crippen molar-refractivity contribution < 1.29 is 9.59 Å². The molecule has 164 valence electrons. The molecule has 10 nitrogen and oxygen atoms in total. The van der Waals surface area contributed by atoms with Crippen molar-refractivity contribution in [2.75, 3.05) is 0 Å². The van der Waals surface area contributed by atoms with Crippen molar-refractivity contribution in [2.45, 2.75) is 46.8 Å². The predicted molar refractivity (Wildman–Crippen MR) is 115 cm³/mol. The Labute approximate surface area is 178 Å². The van der Waals surface area contributed by atoms with E-state index in [0.29, 0.717) is 6.54 Å². The molecule has 0 aliphatic carbocycles. The molecule has 0 saturated heterocycles. The maximum atomic E-state index is 13.2. The van der Waals surface area contributed by atoms with Crippen LogP contribution in [-0.2, 0) is 29.2 Å². The topological polar surface area (TPSA) is 120 Å². The van der Waals surface area contributed by atoms with E-state index in [0.717, 1.165) is 10.1 Å². The molecule has 10 heteroatoms. The summed E-state index contributed by atoms with van der Waals surface area (Å²) in [6.45, 7) is 5.86. The summed E-state index contributed by atoms with van der Waals surface area (Å²) in [5, 5.41) is 0. The number of aromatic nitrogens is 4. The summed E-state index contributed by atoms with van der Waals surface area (Å²) in [7, 11) is 0. The first-order valence-corrected chi connectivity index (χ1v) is 10.1. The molecule has 3 rings (SSSR count). The van der Waals surface area contributed by atoms with Gasteiger partial charge in [-0.05, 0) is 11.5 Å². The minimum Gasteiger partial charge on any atom is -0.324 e. The van der Waals surface area contributed by atoms with Gasteiger partial charge in [0.1, 0.15) is 6.54 Å². The van der Waals surface area contributed by atoms with Gasteiger partial charge in [0, 0.05) is 13.0 Å². The molecule has 2 aromatic heterocycles. The van der Waals surface area contributed by atoms with Gasteiger partial charge in [-0.1, -0.05) is 51.1 Å². The number of amides is 2. The van der Waals surface area contributed by atoms with Gasteiger partial charge in [-0.15, -0.1) is 0 Å². The Bertz CT molecular complexity index is 1210. The Morgan fingerprint density at radius 2 is 1.71 bits per heavy atom. The third-order valence-corrected chi connectivity index (χ3v) is 4.69. The molecule has 3 aromatic rings. The molecule has 2 amide bonds. The van der Waals surface area contributed by atoms with Crippen LogP contribution in [0.1, 0.15) is 32.8 Å². The number of rotatable bonds is 7. The molecular formula is C21H26N6O4. The molecular weight excluding hydrogens is 400 g/mol. The van der Waals surface area contributed by atoms with Crippen molar-refractivity contribution in [1.29, 1.82) is 0 Å². The lowest BCUT2D eigenvalue weighted by molar-refractivity contribution is -0.129. The van der Waals surface area contributed by atoms with Crippen LogP contribution in [0.3, 0.4) is 0 Å². The summed E-state index contributed by atoms with van der Waals surface area (Å²) in [4.78, 5) is 54.3. The summed E-state index contributed by atoms with van der Waals surface area (Å²) < 4.78 is 3.97. The van der Waals surface area contributed by atoms with Crippen LogP contribution in [0, 0.1) is 5.92 Å². The first-order chi connectivity index (χ1) is 14.8. The van der Waals surface area contributed by atoms with Gasteiger partial charge < -0.3 is 4.57 Å². The number of carbonyl (C=O) groups excluding carboxylic acids is 2. The molecule has 0 fully saturated rings. The van der Waals surface area contributed by atoms with Crippen LogP contribution >= 0.6 is 0 Å². The summed E-state index contributed by atoms with van der Waals surface area (Å²) in [6, 6.07) is 9.32. The SMILES string of the molecule is CCC(=O)NNC(=O)Cn1c(=O)c2c(ncn2CC(C)C)n(Cc2ccccc2)c1=O. The highest BCUT2D eigenvalue weighted by Crippen LogP contribution is 2.11. The number of carbonyl (C=O) groups is 2. The molecule has 0 saturated carbocycles. The van der Waals surface area contributed by atoms with Gasteiger partial charge in [0.05, 0.1) is 12.9 Å². The maximum absolute atomic E-state index is 13.2. The van der Waals surface area contributed by atoms with E-state index in [4.69, 9.17) is 0 Å². The Morgan fingerprint density at radius 3 is 2.35 bits per heavy atom. The number of nitrogens with zero attached hydrogens (tertiary/aromatic N) is 4. The smallest absolute Gasteiger partial charge is 0.324 e. The first-order valence-electron chi connectivity index (χ1n) is 10.1. The number of fused-ring (bicyclic) bond motifs is 1. The van der Waals surface area contributed by atoms with Crippen LogP contribution in [-0.4, -0.2) is 30.5 Å². The van der Waals surface area contributed by atoms with E-state index in [-0.39, 0.29) is 36.0 Å². The Balaban J connectivity index is 2.10. The molecule has 0 radical (unpaired) electrons. The fraction of sp³-hybridized carbons (Fsp3) is 0.381. The van der Waals surface area contributed by atoms with E-state index in [9.17, 15) is 19.2 Å². The Hall–Kier alpha value is -3.69. The van der Waals surface area contributed by atoms with Gasteiger partial charge in [0.15, 0.2) is 11.2 Å². The molecule has 0 unspecified atom stereocenters. The third-order valence-electron chi connectivity index (χ3n) is 4.69. The second-order valence-corrected chi connectivity index (χ2v) is 7.66. The average molecular weight is 426 g/mol. The van der Waals surface area contributed by atoms with Gasteiger partial charge in [-0.2, -0.15) is 0 Å². The van der Waals surface area contributed by atoms with E-state index >= 15 is 0 Å². The number of hydrogen-bond acceptors (Lipinski definition) is 5. The normalized spacial score (nSPS) is 11.1. The van der Waals surface area contributed by atoms with E-state index in [1.807, 2.05) is 44.2 Å². The van der Waals surface area contributed by atoms with E-state index in [2.05, 4.69) is 15.8 Å². The Kier molecular flexibility index (Phi) is 6.68. The molecule has 31 heavy (non-hydrogen) atoms. The number of benzene rings is 1. The number of hydrazine groups is 1. The quantitative estimate of drug-likeness (QED) is 0.537. The maximum Gasteiger partial charge on any atom is 0.333 e. The highest BCUT2D eigenvalue weighted by molar-refractivity contribution is 5.81. The average Bonchev–Trinajstić information content (AvgIpc) is 3.16. The van der Waals surface area contributed by atoms with Gasteiger partial charge in [-0.25, -0.2) is 14.3 Å². The Morgan fingerprint density at radius 1 is 1.03 bits per heavy atom. The van der Waals surface area contributed by atoms with Crippen LogP contribution < -0.4 is 22.1 Å². The van der Waals surface area contributed by atoms with Crippen LogP contribution in [0.4, 0.5) is 0 Å². The fourth-order valence-electron chi connectivity index (χ4n) is 3.23. The largest absolute Gasteiger partial charge is 0.333 e. The molecule has 2 heterocycles. The summed E-state index contributed by atoms with van der Waals surface area (Å²) in [5.41, 5.74) is 4.61. The number of nitrogens with one attached hydrogen (secondary N) is 2. The van der Waals surface area contributed by atoms with Crippen molar-refractivity contribution in [1.82, 2.24) is 29.5 Å². The van der Waals surface area contributed by atoms with Gasteiger partial charge in [0.25, 0.3) is 11.5 Å². The molecule has 0 aliphatic heterocycles. The van der Waals surface area contributed by atoms with E-state index < -0.39 is 23.7 Å². The van der Waals surface area contributed by atoms with Crippen LogP contribution in [0.5, 0.6) is 0 Å². The van der Waals surface area contributed by atoms with Gasteiger partial charge in [-0.3, -0.25) is 29.8 Å². The zero-order valence-corrected chi connectivity index (χ0v) is 17.8. The fourth-order valence-corrected chi connectivity index (χ4v) is 3.23. The summed E-state index contributed by atoms with van der Waals surface area (Å²) >= 11 is 0. The van der Waals surface area contributed by atoms with Crippen LogP contribution in [0.25, 0.3) is 11.2 Å². The highest BCUT2D eigenvalue weighted by Gasteiger charge is 2.20. The van der Waals surface area contributed by atoms with Gasteiger partial charge >= 0.3 is 5.69 Å². The standard InChI is InChI=1S/C21H26N6O4/c1-4-16(28)23-24-17(29)12-27-20(30)18-19(22-13-25(18)10-14(2)3)26(21(27)31)11-15-8-6-5-7-9-15/h5-9,13-14H,4,10-12H2,1-3H3,(H,23,28)(H,24,29). The summed E-state index contributed by atoms with van der Waals surface area (Å²) in [6.07, 6.45) is 1.73. The molecule has 1 aromatic carbocycles. The second kappa shape index (κ2) is 9.41. The lowest BCUT2D eigenvalue weighted by Gasteiger charge is -2.13. The molecule has 2 N–H and O–H groups in total. The second-order valence-electron chi connectivity index (χ2n) is 7.66. The minimum absolute atomic E-state index is 0.185. The van der Waals surface area contributed by atoms with Crippen molar-refractivity contribution in [3.05, 3.63) is 63.1 Å². The van der Waals surface area contributed by atoms with E-state index in [1.54, 1.807) is 17.8 Å². The predicted octanol–water partition coefficient (Wildman–Crippen LogP) is 0.621. The van der Waals surface area contributed by atoms with Crippen LogP contribution in [0.15, 0.2) is 46.2 Å². The summed E-state index contributed by atoms with van der Waals surface area (Å²) in [5.74, 6) is -0.818. The monoisotopic (exact) mass is 426 g/mol. The molecule has 0 bridgehead atoms. The minimum atomic E-state index is -0.679. The zero-order chi connectivity index (χ0) is 22.5. The number of hydrogen-bond donors (Lipinski definition) is 2. The zero-order valence-electron chi connectivity index (χ0n) is 17.8. The van der Waals surface area contributed by atoms with Crippen molar-refractivity contribution in [2.24, 2.45) is 5.92 Å².